The van der Waals surface area contributed by atoms with E-state index in [1.54, 1.807) is 6.20 Å². The summed E-state index contributed by atoms with van der Waals surface area (Å²) >= 11 is 0. The summed E-state index contributed by atoms with van der Waals surface area (Å²) in [6.45, 7) is 0. The maximum absolute atomic E-state index is 3.78. The van der Waals surface area contributed by atoms with E-state index in [0.29, 0.717) is 6.04 Å². The summed E-state index contributed by atoms with van der Waals surface area (Å²) in [4.78, 5) is 0. The van der Waals surface area contributed by atoms with Crippen molar-refractivity contribution in [2.24, 2.45) is 0 Å². The zero-order valence-electron chi connectivity index (χ0n) is 5.78. The Morgan fingerprint density at radius 2 is 2.18 bits per heavy atom. The molecule has 2 rings (SSSR count). The largest absolute Gasteiger partial charge is 0.365 e. The number of aromatic nitrogens is 3. The fraction of sp³-hybridized carbons (Fsp3) is 0.600. The van der Waals surface area contributed by atoms with Crippen LogP contribution in [-0.2, 0) is 0 Å². The van der Waals surface area contributed by atoms with E-state index in [9.17, 15) is 0 Å². The lowest BCUT2D eigenvalue weighted by molar-refractivity contribution is 0.936. The first-order chi connectivity index (χ1) is 4.45. The number of anilines is 1. The van der Waals surface area contributed by atoms with Crippen LogP contribution in [0.5, 0.6) is 0 Å². The molecule has 1 fully saturated rings. The number of hydrogen-bond acceptors (Lipinski definition) is 3. The third kappa shape index (κ3) is 2.95. The second-order valence-electron chi connectivity index (χ2n) is 2.28. The number of aromatic amines is 1. The highest BCUT2D eigenvalue weighted by molar-refractivity contribution is 5.85. The molecule has 0 saturated heterocycles. The monoisotopic (exact) mass is 196 g/mol. The van der Waals surface area contributed by atoms with Crippen LogP contribution in [0.4, 0.5) is 5.82 Å². The van der Waals surface area contributed by atoms with Crippen molar-refractivity contribution in [2.75, 3.05) is 5.32 Å². The number of H-pyrrole nitrogens is 1. The van der Waals surface area contributed by atoms with Crippen LogP contribution in [0.2, 0.25) is 0 Å². The molecule has 11 heavy (non-hydrogen) atoms. The van der Waals surface area contributed by atoms with Gasteiger partial charge in [-0.25, -0.2) is 0 Å². The summed E-state index contributed by atoms with van der Waals surface area (Å²) < 4.78 is 0. The smallest absolute Gasteiger partial charge is 0.168 e. The lowest BCUT2D eigenvalue weighted by Crippen LogP contribution is -2.00. The molecule has 0 atom stereocenters. The highest BCUT2D eigenvalue weighted by Gasteiger charge is 2.21. The van der Waals surface area contributed by atoms with Crippen molar-refractivity contribution in [1.82, 2.24) is 15.4 Å². The van der Waals surface area contributed by atoms with Gasteiger partial charge in [-0.2, -0.15) is 0 Å². The number of rotatable bonds is 2. The van der Waals surface area contributed by atoms with Gasteiger partial charge in [0, 0.05) is 6.04 Å². The number of hydrogen-bond donors (Lipinski definition) is 2. The lowest BCUT2D eigenvalue weighted by atomic mass is 10.6. The predicted molar refractivity (Wildman–Crippen MR) is 47.5 cm³/mol. The Balaban J connectivity index is 0.000000500. The molecule has 0 aliphatic heterocycles. The third-order valence-corrected chi connectivity index (χ3v) is 1.35. The molecule has 1 aliphatic rings. The Morgan fingerprint density at radius 3 is 2.64 bits per heavy atom. The zero-order chi connectivity index (χ0) is 6.10. The molecule has 0 spiro atoms. The van der Waals surface area contributed by atoms with Crippen molar-refractivity contribution in [3.8, 4) is 0 Å². The maximum Gasteiger partial charge on any atom is 0.168 e. The first kappa shape index (κ1) is 10.5. The van der Waals surface area contributed by atoms with E-state index in [2.05, 4.69) is 20.7 Å². The van der Waals surface area contributed by atoms with Crippen molar-refractivity contribution in [3.63, 3.8) is 0 Å². The minimum atomic E-state index is 0. The Labute approximate surface area is 77.0 Å². The predicted octanol–water partition coefficient (Wildman–Crippen LogP) is 1.22. The molecule has 2 N–H and O–H groups in total. The van der Waals surface area contributed by atoms with Gasteiger partial charge in [0.2, 0.25) is 0 Å². The quantitative estimate of drug-likeness (QED) is 0.749. The summed E-state index contributed by atoms with van der Waals surface area (Å²) in [6.07, 6.45) is 4.30. The fourth-order valence-electron chi connectivity index (χ4n) is 0.709. The molecule has 6 heteroatoms. The maximum atomic E-state index is 3.78. The molecule has 1 saturated carbocycles. The molecular formula is C5H10Cl2N4. The summed E-state index contributed by atoms with van der Waals surface area (Å²) in [6, 6.07) is 0.662. The Morgan fingerprint density at radius 1 is 1.45 bits per heavy atom. The van der Waals surface area contributed by atoms with Gasteiger partial charge in [0.25, 0.3) is 0 Å². The SMILES string of the molecule is Cl.Cl.c1[nH]nnc1NC1CC1. The molecule has 1 aromatic rings. The van der Waals surface area contributed by atoms with Crippen LogP contribution in [0.1, 0.15) is 12.8 Å². The zero-order valence-corrected chi connectivity index (χ0v) is 7.41. The average molecular weight is 197 g/mol. The molecule has 0 bridgehead atoms. The Kier molecular flexibility index (Phi) is 4.22. The van der Waals surface area contributed by atoms with Crippen LogP contribution >= 0.6 is 24.8 Å². The molecule has 1 aromatic heterocycles. The van der Waals surface area contributed by atoms with Gasteiger partial charge in [0.05, 0.1) is 6.20 Å². The summed E-state index contributed by atoms with van der Waals surface area (Å²) in [5, 5.41) is 13.2. The van der Waals surface area contributed by atoms with Crippen LogP contribution in [0.3, 0.4) is 0 Å². The van der Waals surface area contributed by atoms with Gasteiger partial charge in [0.1, 0.15) is 0 Å². The van der Waals surface area contributed by atoms with Crippen molar-refractivity contribution in [2.45, 2.75) is 18.9 Å². The van der Waals surface area contributed by atoms with Gasteiger partial charge < -0.3 is 5.32 Å². The molecule has 0 aromatic carbocycles. The van der Waals surface area contributed by atoms with E-state index >= 15 is 0 Å². The highest BCUT2D eigenvalue weighted by atomic mass is 35.5. The summed E-state index contributed by atoms with van der Waals surface area (Å²) in [5.41, 5.74) is 0. The van der Waals surface area contributed by atoms with Crippen molar-refractivity contribution in [1.29, 1.82) is 0 Å². The molecular weight excluding hydrogens is 187 g/mol. The fourth-order valence-corrected chi connectivity index (χ4v) is 0.709. The van der Waals surface area contributed by atoms with Gasteiger partial charge in [-0.05, 0) is 12.8 Å². The van der Waals surface area contributed by atoms with Gasteiger partial charge >= 0.3 is 0 Å². The first-order valence-corrected chi connectivity index (χ1v) is 3.08. The van der Waals surface area contributed by atoms with E-state index < -0.39 is 0 Å². The van der Waals surface area contributed by atoms with Crippen LogP contribution < -0.4 is 5.32 Å². The molecule has 1 aliphatic carbocycles. The molecule has 0 unspecified atom stereocenters. The molecule has 0 amide bonds. The van der Waals surface area contributed by atoms with Crippen molar-refractivity contribution >= 4 is 30.6 Å². The van der Waals surface area contributed by atoms with E-state index in [1.165, 1.54) is 12.8 Å². The molecule has 0 radical (unpaired) electrons. The third-order valence-electron chi connectivity index (χ3n) is 1.35. The Bertz CT molecular complexity index is 184. The number of halogens is 2. The highest BCUT2D eigenvalue weighted by Crippen LogP contribution is 2.22. The van der Waals surface area contributed by atoms with Gasteiger partial charge in [0.15, 0.2) is 5.82 Å². The van der Waals surface area contributed by atoms with Gasteiger partial charge in [-0.3, -0.25) is 5.10 Å². The first-order valence-electron chi connectivity index (χ1n) is 3.08. The standard InChI is InChI=1S/C5H8N4.2ClH/c1-2-4(1)7-5-3-6-9-8-5;;/h3-4H,1-2H2,(H2,6,7,8,9);2*1H. The number of nitrogens with zero attached hydrogens (tertiary/aromatic N) is 2. The van der Waals surface area contributed by atoms with Crippen LogP contribution in [0, 0.1) is 0 Å². The topological polar surface area (TPSA) is 53.6 Å². The Hall–Kier alpha value is -0.480. The van der Waals surface area contributed by atoms with E-state index in [4.69, 9.17) is 0 Å². The summed E-state index contributed by atoms with van der Waals surface area (Å²) in [5.74, 6) is 0.859. The molecule has 64 valence electrons. The molecule has 4 nitrogen and oxygen atoms in total. The minimum Gasteiger partial charge on any atom is -0.365 e. The second kappa shape index (κ2) is 4.41. The van der Waals surface area contributed by atoms with E-state index in [-0.39, 0.29) is 24.8 Å². The second-order valence-corrected chi connectivity index (χ2v) is 2.28. The lowest BCUT2D eigenvalue weighted by Gasteiger charge is -1.93. The van der Waals surface area contributed by atoms with Crippen LogP contribution in [-0.4, -0.2) is 21.5 Å². The van der Waals surface area contributed by atoms with Gasteiger partial charge in [-0.1, -0.05) is 5.21 Å². The molecule has 1 heterocycles. The normalized spacial score (nSPS) is 14.5. The van der Waals surface area contributed by atoms with Crippen LogP contribution in [0.15, 0.2) is 6.20 Å². The van der Waals surface area contributed by atoms with E-state index in [1.807, 2.05) is 0 Å². The van der Waals surface area contributed by atoms with Crippen LogP contribution in [0.25, 0.3) is 0 Å². The minimum absolute atomic E-state index is 0. The van der Waals surface area contributed by atoms with Gasteiger partial charge in [-0.15, -0.1) is 29.9 Å². The summed E-state index contributed by atoms with van der Waals surface area (Å²) in [7, 11) is 0. The average Bonchev–Trinajstić information content (AvgIpc) is 2.46. The van der Waals surface area contributed by atoms with Crippen molar-refractivity contribution in [3.05, 3.63) is 6.20 Å². The van der Waals surface area contributed by atoms with Crippen molar-refractivity contribution < 1.29 is 0 Å². The number of nitrogens with one attached hydrogen (secondary N) is 2. The van der Waals surface area contributed by atoms with E-state index in [0.717, 1.165) is 5.82 Å².